The number of aryl methyl sites for hydroxylation is 1. The van der Waals surface area contributed by atoms with E-state index in [4.69, 9.17) is 0 Å². The van der Waals surface area contributed by atoms with Gasteiger partial charge < -0.3 is 9.72 Å². The quantitative estimate of drug-likeness (QED) is 0.798. The maximum atomic E-state index is 4.60. The van der Waals surface area contributed by atoms with Crippen LogP contribution in [0.5, 0.6) is 0 Å². The number of nitrogens with one attached hydrogen (secondary N) is 1. The fraction of sp³-hybridized carbons (Fsp3) is 0.312. The Balaban J connectivity index is 1.51. The first-order chi connectivity index (χ1) is 10.3. The molecule has 3 heterocycles. The molecular weight excluding hydrogens is 262 g/mol. The van der Waals surface area contributed by atoms with Crippen molar-refractivity contribution in [3.05, 3.63) is 53.9 Å². The molecule has 1 N–H and O–H groups in total. The summed E-state index contributed by atoms with van der Waals surface area (Å²) in [6.45, 7) is 2.75. The third-order valence-electron chi connectivity index (χ3n) is 3.72. The molecule has 5 heteroatoms. The monoisotopic (exact) mass is 279 g/mol. The Morgan fingerprint density at radius 3 is 2.95 bits per heavy atom. The van der Waals surface area contributed by atoms with Crippen molar-refractivity contribution in [3.8, 4) is 0 Å². The SMILES string of the molecule is Cc1ccc2nc(CNc3ccnc(C4CC4)n3)cn2c1. The topological polar surface area (TPSA) is 55.1 Å². The number of nitrogens with zero attached hydrogens (tertiary/aromatic N) is 4. The normalized spacial score (nSPS) is 14.5. The Morgan fingerprint density at radius 2 is 2.10 bits per heavy atom. The summed E-state index contributed by atoms with van der Waals surface area (Å²) in [7, 11) is 0. The lowest BCUT2D eigenvalue weighted by atomic mass is 10.3. The van der Waals surface area contributed by atoms with Gasteiger partial charge in [-0.3, -0.25) is 0 Å². The highest BCUT2D eigenvalue weighted by Gasteiger charge is 2.26. The third-order valence-corrected chi connectivity index (χ3v) is 3.72. The molecule has 4 rings (SSSR count). The second-order valence-electron chi connectivity index (χ2n) is 5.63. The van der Waals surface area contributed by atoms with Crippen LogP contribution >= 0.6 is 0 Å². The van der Waals surface area contributed by atoms with E-state index in [9.17, 15) is 0 Å². The molecule has 1 aliphatic rings. The molecule has 1 fully saturated rings. The van der Waals surface area contributed by atoms with Crippen molar-refractivity contribution < 1.29 is 0 Å². The van der Waals surface area contributed by atoms with Crippen LogP contribution in [0.2, 0.25) is 0 Å². The zero-order chi connectivity index (χ0) is 14.2. The van der Waals surface area contributed by atoms with Crippen LogP contribution < -0.4 is 5.32 Å². The summed E-state index contributed by atoms with van der Waals surface area (Å²) in [5.41, 5.74) is 3.20. The van der Waals surface area contributed by atoms with Crippen LogP contribution in [0.3, 0.4) is 0 Å². The molecule has 0 aromatic carbocycles. The van der Waals surface area contributed by atoms with Gasteiger partial charge in [-0.25, -0.2) is 15.0 Å². The van der Waals surface area contributed by atoms with Crippen LogP contribution in [0.15, 0.2) is 36.8 Å². The largest absolute Gasteiger partial charge is 0.364 e. The van der Waals surface area contributed by atoms with Gasteiger partial charge in [0.25, 0.3) is 0 Å². The van der Waals surface area contributed by atoms with Crippen molar-refractivity contribution in [3.63, 3.8) is 0 Å². The first kappa shape index (κ1) is 12.3. The zero-order valence-corrected chi connectivity index (χ0v) is 12.0. The van der Waals surface area contributed by atoms with E-state index in [0.717, 1.165) is 23.0 Å². The number of fused-ring (bicyclic) bond motifs is 1. The number of pyridine rings is 1. The third kappa shape index (κ3) is 2.59. The molecule has 0 saturated heterocycles. The summed E-state index contributed by atoms with van der Waals surface area (Å²) in [4.78, 5) is 13.5. The molecule has 0 radical (unpaired) electrons. The molecule has 1 aliphatic carbocycles. The summed E-state index contributed by atoms with van der Waals surface area (Å²) in [5.74, 6) is 2.41. The molecule has 0 aliphatic heterocycles. The van der Waals surface area contributed by atoms with Gasteiger partial charge in [-0.2, -0.15) is 0 Å². The Hall–Kier alpha value is -2.43. The summed E-state index contributed by atoms with van der Waals surface area (Å²) in [6.07, 6.45) is 8.40. The lowest BCUT2D eigenvalue weighted by molar-refractivity contribution is 0.918. The molecule has 3 aromatic rings. The van der Waals surface area contributed by atoms with Gasteiger partial charge in [0.05, 0.1) is 12.2 Å². The highest BCUT2D eigenvalue weighted by atomic mass is 15.1. The van der Waals surface area contributed by atoms with Gasteiger partial charge in [0.1, 0.15) is 17.3 Å². The number of imidazole rings is 1. The lowest BCUT2D eigenvalue weighted by Gasteiger charge is -2.04. The van der Waals surface area contributed by atoms with Crippen molar-refractivity contribution in [1.82, 2.24) is 19.4 Å². The van der Waals surface area contributed by atoms with E-state index in [1.54, 1.807) is 0 Å². The van der Waals surface area contributed by atoms with Crippen LogP contribution in [-0.4, -0.2) is 19.4 Å². The summed E-state index contributed by atoms with van der Waals surface area (Å²) in [6, 6.07) is 6.02. The molecular formula is C16H17N5. The summed E-state index contributed by atoms with van der Waals surface area (Å²) >= 11 is 0. The molecule has 3 aromatic heterocycles. The van der Waals surface area contributed by atoms with E-state index in [2.05, 4.69) is 50.1 Å². The number of hydrogen-bond donors (Lipinski definition) is 1. The highest BCUT2D eigenvalue weighted by molar-refractivity contribution is 5.42. The average molecular weight is 279 g/mol. The predicted molar refractivity (Wildman–Crippen MR) is 81.3 cm³/mol. The van der Waals surface area contributed by atoms with Crippen LogP contribution in [0.25, 0.3) is 5.65 Å². The molecule has 0 amide bonds. The number of aromatic nitrogens is 4. The second-order valence-corrected chi connectivity index (χ2v) is 5.63. The molecule has 0 spiro atoms. The highest BCUT2D eigenvalue weighted by Crippen LogP contribution is 2.38. The number of hydrogen-bond acceptors (Lipinski definition) is 4. The molecule has 0 bridgehead atoms. The van der Waals surface area contributed by atoms with E-state index >= 15 is 0 Å². The first-order valence-corrected chi connectivity index (χ1v) is 7.29. The second kappa shape index (κ2) is 4.84. The van der Waals surface area contributed by atoms with Crippen LogP contribution in [0.1, 0.15) is 35.8 Å². The molecule has 0 unspecified atom stereocenters. The van der Waals surface area contributed by atoms with E-state index in [-0.39, 0.29) is 0 Å². The van der Waals surface area contributed by atoms with Gasteiger partial charge in [0, 0.05) is 24.5 Å². The van der Waals surface area contributed by atoms with Crippen LogP contribution in [0, 0.1) is 6.92 Å². The fourth-order valence-electron chi connectivity index (χ4n) is 2.43. The van der Waals surface area contributed by atoms with Crippen molar-refractivity contribution in [2.45, 2.75) is 32.2 Å². The van der Waals surface area contributed by atoms with Crippen molar-refractivity contribution in [1.29, 1.82) is 0 Å². The minimum absolute atomic E-state index is 0.574. The van der Waals surface area contributed by atoms with E-state index in [1.165, 1.54) is 18.4 Å². The molecule has 21 heavy (non-hydrogen) atoms. The van der Waals surface area contributed by atoms with Gasteiger partial charge in [0.15, 0.2) is 0 Å². The van der Waals surface area contributed by atoms with E-state index in [1.807, 2.05) is 18.3 Å². The average Bonchev–Trinajstić information content (AvgIpc) is 3.26. The molecule has 0 atom stereocenters. The maximum absolute atomic E-state index is 4.60. The minimum Gasteiger partial charge on any atom is -0.364 e. The molecule has 5 nitrogen and oxygen atoms in total. The minimum atomic E-state index is 0.574. The Kier molecular flexibility index (Phi) is 2.84. The standard InChI is InChI=1S/C16H17N5/c1-11-2-5-15-19-13(10-21(15)9-11)8-18-14-6-7-17-16(20-14)12-3-4-12/h2,5-7,9-10,12H,3-4,8H2,1H3,(H,17,18,20). The fourth-order valence-corrected chi connectivity index (χ4v) is 2.43. The van der Waals surface area contributed by atoms with Crippen LogP contribution in [0.4, 0.5) is 5.82 Å². The Bertz CT molecular complexity index is 788. The Labute approximate surface area is 123 Å². The summed E-state index contributed by atoms with van der Waals surface area (Å²) < 4.78 is 2.06. The zero-order valence-electron chi connectivity index (χ0n) is 12.0. The van der Waals surface area contributed by atoms with Gasteiger partial charge in [-0.15, -0.1) is 0 Å². The van der Waals surface area contributed by atoms with Gasteiger partial charge >= 0.3 is 0 Å². The molecule has 106 valence electrons. The first-order valence-electron chi connectivity index (χ1n) is 7.29. The van der Waals surface area contributed by atoms with E-state index in [0.29, 0.717) is 12.5 Å². The van der Waals surface area contributed by atoms with E-state index < -0.39 is 0 Å². The van der Waals surface area contributed by atoms with Crippen LogP contribution in [-0.2, 0) is 6.54 Å². The lowest BCUT2D eigenvalue weighted by Crippen LogP contribution is -2.03. The van der Waals surface area contributed by atoms with Gasteiger partial charge in [-0.1, -0.05) is 6.07 Å². The number of rotatable bonds is 4. The van der Waals surface area contributed by atoms with Gasteiger partial charge in [0.2, 0.25) is 0 Å². The number of anilines is 1. The maximum Gasteiger partial charge on any atom is 0.137 e. The summed E-state index contributed by atoms with van der Waals surface area (Å²) in [5, 5.41) is 3.33. The van der Waals surface area contributed by atoms with Gasteiger partial charge in [-0.05, 0) is 37.5 Å². The van der Waals surface area contributed by atoms with Crippen molar-refractivity contribution in [2.75, 3.05) is 5.32 Å². The molecule has 1 saturated carbocycles. The smallest absolute Gasteiger partial charge is 0.137 e. The Morgan fingerprint density at radius 1 is 1.19 bits per heavy atom. The predicted octanol–water partition coefficient (Wildman–Crippen LogP) is 2.92. The van der Waals surface area contributed by atoms with Crippen molar-refractivity contribution in [2.24, 2.45) is 0 Å². The van der Waals surface area contributed by atoms with Crippen molar-refractivity contribution >= 4 is 11.5 Å².